The number of anilines is 3. The number of nitrogen functional groups attached to an aromatic ring is 1. The molecule has 2 aromatic rings. The number of rotatable bonds is 4. The molecule has 0 aliphatic heterocycles. The molecule has 0 spiro atoms. The van der Waals surface area contributed by atoms with E-state index in [0.717, 1.165) is 0 Å². The molecule has 0 aromatic carbocycles. The second-order valence-corrected chi connectivity index (χ2v) is 5.86. The van der Waals surface area contributed by atoms with Crippen LogP contribution in [0.1, 0.15) is 15.3 Å². The van der Waals surface area contributed by atoms with Crippen molar-refractivity contribution in [2.45, 2.75) is 20.4 Å². The molecule has 0 fully saturated rings. The number of thiophene rings is 1. The monoisotopic (exact) mass is 278 g/mol. The first kappa shape index (κ1) is 13.5. The maximum absolute atomic E-state index is 5.67. The van der Waals surface area contributed by atoms with Crippen molar-refractivity contribution < 1.29 is 0 Å². The van der Waals surface area contributed by atoms with Gasteiger partial charge in [-0.25, -0.2) is 0 Å². The molecule has 6 nitrogen and oxygen atoms in total. The van der Waals surface area contributed by atoms with Crippen molar-refractivity contribution in [3.8, 4) is 0 Å². The van der Waals surface area contributed by atoms with Crippen molar-refractivity contribution in [1.29, 1.82) is 0 Å². The van der Waals surface area contributed by atoms with Crippen molar-refractivity contribution in [3.63, 3.8) is 0 Å². The molecule has 2 aromatic heterocycles. The lowest BCUT2D eigenvalue weighted by Crippen LogP contribution is -2.16. The summed E-state index contributed by atoms with van der Waals surface area (Å²) in [6, 6.07) is 2.17. The molecule has 7 heteroatoms. The molecule has 3 N–H and O–H groups in total. The largest absolute Gasteiger partial charge is 0.368 e. The van der Waals surface area contributed by atoms with E-state index in [1.54, 1.807) is 16.2 Å². The second kappa shape index (κ2) is 5.40. The van der Waals surface area contributed by atoms with Gasteiger partial charge in [0, 0.05) is 23.8 Å². The normalized spacial score (nSPS) is 10.5. The van der Waals surface area contributed by atoms with Gasteiger partial charge in [0.1, 0.15) is 0 Å². The van der Waals surface area contributed by atoms with Gasteiger partial charge in [-0.1, -0.05) is 0 Å². The van der Waals surface area contributed by atoms with Crippen LogP contribution in [0.25, 0.3) is 0 Å². The first-order valence-corrected chi connectivity index (χ1v) is 6.76. The van der Waals surface area contributed by atoms with Crippen LogP contribution in [0.15, 0.2) is 6.07 Å². The van der Waals surface area contributed by atoms with Crippen molar-refractivity contribution >= 4 is 29.2 Å². The summed E-state index contributed by atoms with van der Waals surface area (Å²) in [5.74, 6) is 1.27. The molecular weight excluding hydrogens is 260 g/mol. The average Bonchev–Trinajstić information content (AvgIpc) is 2.65. The van der Waals surface area contributed by atoms with Crippen LogP contribution in [0.2, 0.25) is 0 Å². The summed E-state index contributed by atoms with van der Waals surface area (Å²) < 4.78 is 0. The molecule has 0 amide bonds. The van der Waals surface area contributed by atoms with Gasteiger partial charge in [-0.05, 0) is 25.5 Å². The maximum atomic E-state index is 5.67. The van der Waals surface area contributed by atoms with E-state index in [2.05, 4.69) is 40.2 Å². The lowest BCUT2D eigenvalue weighted by atomic mass is 10.3. The molecule has 0 radical (unpaired) electrons. The van der Waals surface area contributed by atoms with Crippen molar-refractivity contribution in [1.82, 2.24) is 15.0 Å². The second-order valence-electron chi connectivity index (χ2n) is 4.52. The van der Waals surface area contributed by atoms with Gasteiger partial charge in [0.15, 0.2) is 0 Å². The maximum Gasteiger partial charge on any atom is 0.231 e. The first-order valence-electron chi connectivity index (χ1n) is 5.94. The lowest BCUT2D eigenvalue weighted by Gasteiger charge is -2.11. The van der Waals surface area contributed by atoms with Crippen molar-refractivity contribution in [3.05, 3.63) is 21.4 Å². The van der Waals surface area contributed by atoms with Crippen molar-refractivity contribution in [2.24, 2.45) is 0 Å². The van der Waals surface area contributed by atoms with Gasteiger partial charge in [0.25, 0.3) is 0 Å². The Morgan fingerprint density at radius 2 is 2.00 bits per heavy atom. The zero-order valence-corrected chi connectivity index (χ0v) is 12.4. The number of hydrogen-bond acceptors (Lipinski definition) is 7. The molecule has 19 heavy (non-hydrogen) atoms. The Labute approximate surface area is 116 Å². The number of nitrogens with one attached hydrogen (secondary N) is 1. The quantitative estimate of drug-likeness (QED) is 0.888. The van der Waals surface area contributed by atoms with E-state index in [-0.39, 0.29) is 5.95 Å². The summed E-state index contributed by atoms with van der Waals surface area (Å²) in [7, 11) is 3.73. The fraction of sp³-hybridized carbons (Fsp3) is 0.417. The van der Waals surface area contributed by atoms with Gasteiger partial charge in [-0.15, -0.1) is 11.3 Å². The average molecular weight is 278 g/mol. The summed E-state index contributed by atoms with van der Waals surface area (Å²) in [5.41, 5.74) is 6.98. The summed E-state index contributed by atoms with van der Waals surface area (Å²) in [5, 5.41) is 3.18. The van der Waals surface area contributed by atoms with E-state index in [9.17, 15) is 0 Å². The standard InChI is InChI=1S/C12H18N6S/c1-7-5-9(19-8(7)2)6-14-11-15-10(13)16-12(17-11)18(3)4/h5H,6H2,1-4H3,(H3,13,14,15,16,17). The topological polar surface area (TPSA) is 80.0 Å². The molecule has 0 unspecified atom stereocenters. The highest BCUT2D eigenvalue weighted by molar-refractivity contribution is 7.12. The highest BCUT2D eigenvalue weighted by atomic mass is 32.1. The summed E-state index contributed by atoms with van der Waals surface area (Å²) in [6.45, 7) is 4.92. The molecule has 2 rings (SSSR count). The third-order valence-electron chi connectivity index (χ3n) is 2.68. The molecule has 0 saturated heterocycles. The molecular formula is C12H18N6S. The number of hydrogen-bond donors (Lipinski definition) is 2. The Balaban J connectivity index is 2.11. The van der Waals surface area contributed by atoms with E-state index >= 15 is 0 Å². The highest BCUT2D eigenvalue weighted by Crippen LogP contribution is 2.21. The van der Waals surface area contributed by atoms with Crippen LogP contribution in [-0.4, -0.2) is 29.0 Å². The zero-order valence-electron chi connectivity index (χ0n) is 11.6. The third kappa shape index (κ3) is 3.31. The van der Waals surface area contributed by atoms with Gasteiger partial charge < -0.3 is 16.0 Å². The molecule has 0 saturated carbocycles. The van der Waals surface area contributed by atoms with Gasteiger partial charge in [0.05, 0.1) is 6.54 Å². The van der Waals surface area contributed by atoms with Gasteiger partial charge >= 0.3 is 0 Å². The Bertz CT molecular complexity index is 558. The predicted octanol–water partition coefficient (Wildman–Crippen LogP) is 1.81. The minimum Gasteiger partial charge on any atom is -0.368 e. The van der Waals surface area contributed by atoms with Crippen LogP contribution in [-0.2, 0) is 6.54 Å². The molecule has 0 aliphatic carbocycles. The molecule has 0 atom stereocenters. The van der Waals surface area contributed by atoms with E-state index in [1.165, 1.54) is 15.3 Å². The van der Waals surface area contributed by atoms with Crippen LogP contribution >= 0.6 is 11.3 Å². The fourth-order valence-corrected chi connectivity index (χ4v) is 2.56. The Morgan fingerprint density at radius 1 is 1.26 bits per heavy atom. The first-order chi connectivity index (χ1) is 8.95. The van der Waals surface area contributed by atoms with Crippen LogP contribution < -0.4 is 16.0 Å². The minimum absolute atomic E-state index is 0.222. The van der Waals surface area contributed by atoms with E-state index < -0.39 is 0 Å². The molecule has 102 valence electrons. The number of aromatic nitrogens is 3. The van der Waals surface area contributed by atoms with E-state index in [1.807, 2.05) is 14.1 Å². The van der Waals surface area contributed by atoms with E-state index in [4.69, 9.17) is 5.73 Å². The van der Waals surface area contributed by atoms with Crippen LogP contribution in [0.3, 0.4) is 0 Å². The smallest absolute Gasteiger partial charge is 0.231 e. The Kier molecular flexibility index (Phi) is 3.84. The lowest BCUT2D eigenvalue weighted by molar-refractivity contribution is 0.953. The van der Waals surface area contributed by atoms with Crippen LogP contribution in [0, 0.1) is 13.8 Å². The summed E-state index contributed by atoms with van der Waals surface area (Å²) >= 11 is 1.77. The van der Waals surface area contributed by atoms with Gasteiger partial charge in [-0.3, -0.25) is 0 Å². The Hall–Kier alpha value is -1.89. The molecule has 0 bridgehead atoms. The zero-order chi connectivity index (χ0) is 14.0. The number of nitrogens with two attached hydrogens (primary N) is 1. The third-order valence-corrected chi connectivity index (χ3v) is 3.83. The Morgan fingerprint density at radius 3 is 2.58 bits per heavy atom. The minimum atomic E-state index is 0.222. The molecule has 0 aliphatic rings. The van der Waals surface area contributed by atoms with Crippen LogP contribution in [0.5, 0.6) is 0 Å². The van der Waals surface area contributed by atoms with Crippen LogP contribution in [0.4, 0.5) is 17.8 Å². The summed E-state index contributed by atoms with van der Waals surface area (Å²) in [4.78, 5) is 16.8. The number of nitrogens with zero attached hydrogens (tertiary/aromatic N) is 4. The number of aryl methyl sites for hydroxylation is 2. The fourth-order valence-electron chi connectivity index (χ4n) is 1.56. The van der Waals surface area contributed by atoms with Crippen molar-refractivity contribution in [2.75, 3.05) is 30.0 Å². The van der Waals surface area contributed by atoms with E-state index in [0.29, 0.717) is 18.4 Å². The highest BCUT2D eigenvalue weighted by Gasteiger charge is 2.07. The molecule has 2 heterocycles. The SMILES string of the molecule is Cc1cc(CNc2nc(N)nc(N(C)C)n2)sc1C. The van der Waals surface area contributed by atoms with Gasteiger partial charge in [0.2, 0.25) is 17.8 Å². The predicted molar refractivity (Wildman–Crippen MR) is 79.7 cm³/mol. The van der Waals surface area contributed by atoms with Gasteiger partial charge in [-0.2, -0.15) is 15.0 Å². The summed E-state index contributed by atoms with van der Waals surface area (Å²) in [6.07, 6.45) is 0.